The molecular weight excluding hydrogens is 289 g/mol. The monoisotopic (exact) mass is 305 g/mol. The number of nitrogens with one attached hydrogen (secondary N) is 1. The molecule has 0 aliphatic rings. The summed E-state index contributed by atoms with van der Waals surface area (Å²) in [5, 5.41) is 2.54. The van der Waals surface area contributed by atoms with E-state index in [0.717, 1.165) is 0 Å². The Kier molecular flexibility index (Phi) is 5.30. The molecular formula is C16H16FNO4. The van der Waals surface area contributed by atoms with E-state index >= 15 is 0 Å². The zero-order valence-electron chi connectivity index (χ0n) is 12.0. The molecule has 1 atom stereocenters. The molecule has 0 bridgehead atoms. The predicted molar refractivity (Wildman–Crippen MR) is 76.7 cm³/mol. The van der Waals surface area contributed by atoms with Gasteiger partial charge in [-0.15, -0.1) is 0 Å². The third-order valence-electron chi connectivity index (χ3n) is 2.95. The molecule has 0 radical (unpaired) electrons. The summed E-state index contributed by atoms with van der Waals surface area (Å²) in [4.78, 5) is 24.0. The molecule has 0 unspecified atom stereocenters. The summed E-state index contributed by atoms with van der Waals surface area (Å²) in [5.74, 6) is -1.42. The molecule has 0 aliphatic carbocycles. The summed E-state index contributed by atoms with van der Waals surface area (Å²) >= 11 is 0. The number of carbonyl (C=O) groups excluding carboxylic acids is 2. The van der Waals surface area contributed by atoms with Crippen LogP contribution < -0.4 is 5.32 Å². The van der Waals surface area contributed by atoms with Crippen LogP contribution in [-0.2, 0) is 16.0 Å². The maximum atomic E-state index is 13.2. The van der Waals surface area contributed by atoms with Gasteiger partial charge in [0.1, 0.15) is 11.9 Å². The van der Waals surface area contributed by atoms with Crippen LogP contribution in [0.15, 0.2) is 47.1 Å². The lowest BCUT2D eigenvalue weighted by atomic mass is 10.1. The highest BCUT2D eigenvalue weighted by molar-refractivity contribution is 5.94. The quantitative estimate of drug-likeness (QED) is 0.832. The van der Waals surface area contributed by atoms with Gasteiger partial charge in [-0.2, -0.15) is 0 Å². The van der Waals surface area contributed by atoms with Gasteiger partial charge in [0.2, 0.25) is 0 Å². The average Bonchev–Trinajstić information content (AvgIpc) is 3.01. The van der Waals surface area contributed by atoms with Crippen molar-refractivity contribution in [3.8, 4) is 0 Å². The van der Waals surface area contributed by atoms with Crippen LogP contribution in [0.5, 0.6) is 0 Å². The van der Waals surface area contributed by atoms with Crippen molar-refractivity contribution in [2.24, 2.45) is 0 Å². The Morgan fingerprint density at radius 3 is 2.77 bits per heavy atom. The van der Waals surface area contributed by atoms with Crippen LogP contribution in [0.2, 0.25) is 0 Å². The Morgan fingerprint density at radius 2 is 2.14 bits per heavy atom. The van der Waals surface area contributed by atoms with Gasteiger partial charge in [0.25, 0.3) is 5.91 Å². The minimum Gasteiger partial charge on any atom is -0.464 e. The molecule has 22 heavy (non-hydrogen) atoms. The van der Waals surface area contributed by atoms with Gasteiger partial charge < -0.3 is 14.5 Å². The molecule has 1 heterocycles. The summed E-state index contributed by atoms with van der Waals surface area (Å²) < 4.78 is 23.2. The second-order valence-electron chi connectivity index (χ2n) is 4.59. The Hall–Kier alpha value is -2.63. The number of carbonyl (C=O) groups is 2. The van der Waals surface area contributed by atoms with Crippen molar-refractivity contribution in [1.29, 1.82) is 0 Å². The highest BCUT2D eigenvalue weighted by atomic mass is 19.1. The topological polar surface area (TPSA) is 68.5 Å². The summed E-state index contributed by atoms with van der Waals surface area (Å²) in [6.45, 7) is 1.86. The van der Waals surface area contributed by atoms with Crippen molar-refractivity contribution in [3.63, 3.8) is 0 Å². The van der Waals surface area contributed by atoms with Crippen LogP contribution in [0.3, 0.4) is 0 Å². The van der Waals surface area contributed by atoms with Crippen molar-refractivity contribution < 1.29 is 23.1 Å². The molecule has 1 aromatic heterocycles. The van der Waals surface area contributed by atoms with Crippen LogP contribution in [0, 0.1) is 5.82 Å². The number of amides is 1. The van der Waals surface area contributed by atoms with Gasteiger partial charge in [0.15, 0.2) is 5.76 Å². The van der Waals surface area contributed by atoms with Crippen LogP contribution in [0.4, 0.5) is 4.39 Å². The first-order valence-corrected chi connectivity index (χ1v) is 6.85. The summed E-state index contributed by atoms with van der Waals surface area (Å²) in [6, 6.07) is 7.98. The van der Waals surface area contributed by atoms with Crippen molar-refractivity contribution >= 4 is 11.9 Å². The SMILES string of the molecule is CCOC(=O)[C@H](Cc1cccc(F)c1)NC(=O)c1ccco1. The zero-order valence-corrected chi connectivity index (χ0v) is 12.0. The highest BCUT2D eigenvalue weighted by Crippen LogP contribution is 2.09. The fourth-order valence-corrected chi connectivity index (χ4v) is 1.97. The second kappa shape index (κ2) is 7.40. The number of ether oxygens (including phenoxy) is 1. The zero-order chi connectivity index (χ0) is 15.9. The van der Waals surface area contributed by atoms with Gasteiger partial charge in [0.05, 0.1) is 12.9 Å². The molecule has 1 N–H and O–H groups in total. The minimum absolute atomic E-state index is 0.0912. The van der Waals surface area contributed by atoms with Crippen LogP contribution >= 0.6 is 0 Å². The number of rotatable bonds is 6. The van der Waals surface area contributed by atoms with E-state index in [1.807, 2.05) is 0 Å². The van der Waals surface area contributed by atoms with Gasteiger partial charge in [-0.05, 0) is 36.8 Å². The summed E-state index contributed by atoms with van der Waals surface area (Å²) in [5.41, 5.74) is 0.581. The standard InChI is InChI=1S/C16H16FNO4/c1-2-21-16(20)13(10-11-5-3-6-12(17)9-11)18-15(19)14-7-4-8-22-14/h3-9,13H,2,10H2,1H3,(H,18,19)/t13-/m0/s1. The van der Waals surface area contributed by atoms with E-state index in [9.17, 15) is 14.0 Å². The predicted octanol–water partition coefficient (Wildman–Crippen LogP) is 2.32. The van der Waals surface area contributed by atoms with Gasteiger partial charge >= 0.3 is 5.97 Å². The Bertz CT molecular complexity index is 639. The van der Waals surface area contributed by atoms with E-state index in [1.54, 1.807) is 25.1 Å². The number of halogens is 1. The Morgan fingerprint density at radius 1 is 1.32 bits per heavy atom. The van der Waals surface area contributed by atoms with Gasteiger partial charge in [0, 0.05) is 6.42 Å². The van der Waals surface area contributed by atoms with E-state index in [1.165, 1.54) is 24.5 Å². The lowest BCUT2D eigenvalue weighted by Gasteiger charge is -2.16. The third-order valence-corrected chi connectivity index (χ3v) is 2.95. The Labute approximate surface area is 127 Å². The van der Waals surface area contributed by atoms with Crippen LogP contribution in [0.1, 0.15) is 23.0 Å². The number of hydrogen-bond acceptors (Lipinski definition) is 4. The molecule has 0 fully saturated rings. The second-order valence-corrected chi connectivity index (χ2v) is 4.59. The number of furan rings is 1. The maximum Gasteiger partial charge on any atom is 0.328 e. The normalized spacial score (nSPS) is 11.7. The van der Waals surface area contributed by atoms with E-state index in [4.69, 9.17) is 9.15 Å². The molecule has 0 saturated carbocycles. The molecule has 6 heteroatoms. The van der Waals surface area contributed by atoms with Gasteiger partial charge in [-0.1, -0.05) is 12.1 Å². The fourth-order valence-electron chi connectivity index (χ4n) is 1.97. The summed E-state index contributed by atoms with van der Waals surface area (Å²) in [6.07, 6.45) is 1.49. The van der Waals surface area contributed by atoms with Crippen molar-refractivity contribution in [1.82, 2.24) is 5.32 Å². The minimum atomic E-state index is -0.917. The molecule has 1 amide bonds. The van der Waals surface area contributed by atoms with Crippen molar-refractivity contribution in [3.05, 3.63) is 59.8 Å². The highest BCUT2D eigenvalue weighted by Gasteiger charge is 2.24. The number of hydrogen-bond donors (Lipinski definition) is 1. The van der Waals surface area contributed by atoms with E-state index in [0.29, 0.717) is 5.56 Å². The van der Waals surface area contributed by atoms with Crippen LogP contribution in [0.25, 0.3) is 0 Å². The molecule has 0 aliphatic heterocycles. The van der Waals surface area contributed by atoms with Gasteiger partial charge in [-0.3, -0.25) is 4.79 Å². The molecule has 116 valence electrons. The summed E-state index contributed by atoms with van der Waals surface area (Å²) in [7, 11) is 0. The molecule has 5 nitrogen and oxygen atoms in total. The Balaban J connectivity index is 2.12. The number of benzene rings is 1. The smallest absolute Gasteiger partial charge is 0.328 e. The van der Waals surface area contributed by atoms with Gasteiger partial charge in [-0.25, -0.2) is 9.18 Å². The maximum absolute atomic E-state index is 13.2. The first-order valence-electron chi connectivity index (χ1n) is 6.85. The van der Waals surface area contributed by atoms with Crippen molar-refractivity contribution in [2.45, 2.75) is 19.4 Å². The average molecular weight is 305 g/mol. The van der Waals surface area contributed by atoms with E-state index in [-0.39, 0.29) is 18.8 Å². The largest absolute Gasteiger partial charge is 0.464 e. The molecule has 2 rings (SSSR count). The van der Waals surface area contributed by atoms with Crippen molar-refractivity contribution in [2.75, 3.05) is 6.61 Å². The first-order chi connectivity index (χ1) is 10.6. The third kappa shape index (κ3) is 4.18. The number of esters is 1. The molecule has 0 spiro atoms. The van der Waals surface area contributed by atoms with Crippen LogP contribution in [-0.4, -0.2) is 24.5 Å². The lowest BCUT2D eigenvalue weighted by Crippen LogP contribution is -2.43. The molecule has 1 aromatic carbocycles. The van der Waals surface area contributed by atoms with E-state index < -0.39 is 23.7 Å². The first kappa shape index (κ1) is 15.8. The lowest BCUT2D eigenvalue weighted by molar-refractivity contribution is -0.145. The molecule has 2 aromatic rings. The van der Waals surface area contributed by atoms with E-state index in [2.05, 4.69) is 5.32 Å². The molecule has 0 saturated heterocycles. The fraction of sp³-hybridized carbons (Fsp3) is 0.250.